The van der Waals surface area contributed by atoms with Gasteiger partial charge in [0.15, 0.2) is 11.3 Å². The Labute approximate surface area is 140 Å². The molecule has 4 fully saturated rings. The third kappa shape index (κ3) is 2.06. The lowest BCUT2D eigenvalue weighted by molar-refractivity contribution is -0.164. The minimum Gasteiger partial charge on any atom is -0.373 e. The molecule has 24 heavy (non-hydrogen) atoms. The highest BCUT2D eigenvalue weighted by atomic mass is 16.6. The van der Waals surface area contributed by atoms with Gasteiger partial charge < -0.3 is 19.3 Å². The molecule has 1 unspecified atom stereocenters. The van der Waals surface area contributed by atoms with Crippen LogP contribution in [0.3, 0.4) is 0 Å². The summed E-state index contributed by atoms with van der Waals surface area (Å²) in [7, 11) is 0. The van der Waals surface area contributed by atoms with Gasteiger partial charge in [-0.3, -0.25) is 14.4 Å². The average molecular weight is 334 g/mol. The number of carbonyl (C=O) groups is 4. The molecule has 0 spiro atoms. The smallest absolute Gasteiger partial charge is 0.257 e. The first-order chi connectivity index (χ1) is 11.5. The molecule has 0 radical (unpaired) electrons. The van der Waals surface area contributed by atoms with Crippen LogP contribution in [0.25, 0.3) is 0 Å². The topological polar surface area (TPSA) is 87.3 Å². The molecular weight excluding hydrogens is 312 g/mol. The SMILES string of the molecule is O=C[C@]1(CC2CO2)CCCN1C(=O)[C@]12CCCN1C(=O)CCC2=O. The number of amides is 2. The minimum atomic E-state index is -1.36. The van der Waals surface area contributed by atoms with Crippen LogP contribution in [-0.2, 0) is 23.9 Å². The number of nitrogens with zero attached hydrogens (tertiary/aromatic N) is 2. The number of aldehydes is 1. The minimum absolute atomic E-state index is 0.0180. The van der Waals surface area contributed by atoms with Crippen LogP contribution < -0.4 is 0 Å². The maximum absolute atomic E-state index is 13.4. The van der Waals surface area contributed by atoms with E-state index in [1.165, 1.54) is 4.90 Å². The van der Waals surface area contributed by atoms with E-state index in [0.717, 1.165) is 12.7 Å². The van der Waals surface area contributed by atoms with Crippen molar-refractivity contribution in [3.8, 4) is 0 Å². The monoisotopic (exact) mass is 334 g/mol. The lowest BCUT2D eigenvalue weighted by Crippen LogP contribution is -2.67. The average Bonchev–Trinajstić information content (AvgIpc) is 3.12. The second-order valence-electron chi connectivity index (χ2n) is 7.37. The Morgan fingerprint density at radius 1 is 1.21 bits per heavy atom. The maximum atomic E-state index is 13.4. The Kier molecular flexibility index (Phi) is 3.53. The summed E-state index contributed by atoms with van der Waals surface area (Å²) >= 11 is 0. The summed E-state index contributed by atoms with van der Waals surface area (Å²) < 4.78 is 5.27. The Morgan fingerprint density at radius 2 is 1.96 bits per heavy atom. The summed E-state index contributed by atoms with van der Waals surface area (Å²) in [5.74, 6) is -0.635. The van der Waals surface area contributed by atoms with E-state index in [2.05, 4.69) is 0 Å². The van der Waals surface area contributed by atoms with Gasteiger partial charge in [0.2, 0.25) is 5.91 Å². The second-order valence-corrected chi connectivity index (χ2v) is 7.37. The first-order valence-electron chi connectivity index (χ1n) is 8.77. The highest BCUT2D eigenvalue weighted by Crippen LogP contribution is 2.42. The molecule has 130 valence electrons. The van der Waals surface area contributed by atoms with Gasteiger partial charge in [-0.15, -0.1) is 0 Å². The van der Waals surface area contributed by atoms with Crippen molar-refractivity contribution in [2.75, 3.05) is 19.7 Å². The molecule has 7 nitrogen and oxygen atoms in total. The van der Waals surface area contributed by atoms with Gasteiger partial charge in [-0.25, -0.2) is 0 Å². The molecule has 0 bridgehead atoms. The van der Waals surface area contributed by atoms with Gasteiger partial charge in [0.25, 0.3) is 5.91 Å². The lowest BCUT2D eigenvalue weighted by Gasteiger charge is -2.44. The number of ketones is 1. The predicted octanol–water partition coefficient (Wildman–Crippen LogP) is 0.0595. The van der Waals surface area contributed by atoms with Crippen molar-refractivity contribution in [1.82, 2.24) is 9.80 Å². The lowest BCUT2D eigenvalue weighted by atomic mass is 9.81. The van der Waals surface area contributed by atoms with Gasteiger partial charge in [0.05, 0.1) is 12.7 Å². The molecule has 0 aliphatic carbocycles. The van der Waals surface area contributed by atoms with E-state index in [1.54, 1.807) is 4.90 Å². The zero-order valence-corrected chi connectivity index (χ0v) is 13.7. The largest absolute Gasteiger partial charge is 0.373 e. The first kappa shape index (κ1) is 15.7. The molecule has 0 saturated carbocycles. The Morgan fingerprint density at radius 3 is 2.67 bits per heavy atom. The molecule has 4 aliphatic heterocycles. The van der Waals surface area contributed by atoms with E-state index in [1.807, 2.05) is 0 Å². The van der Waals surface area contributed by atoms with Crippen molar-refractivity contribution in [3.63, 3.8) is 0 Å². The third-order valence-corrected chi connectivity index (χ3v) is 6.04. The van der Waals surface area contributed by atoms with Crippen molar-refractivity contribution in [2.24, 2.45) is 0 Å². The number of rotatable bonds is 4. The highest BCUT2D eigenvalue weighted by molar-refractivity contribution is 6.16. The van der Waals surface area contributed by atoms with Crippen LogP contribution in [0.5, 0.6) is 0 Å². The molecule has 2 amide bonds. The van der Waals surface area contributed by atoms with Crippen LogP contribution in [0.4, 0.5) is 0 Å². The number of carbonyl (C=O) groups excluding carboxylic acids is 4. The van der Waals surface area contributed by atoms with Gasteiger partial charge in [-0.2, -0.15) is 0 Å². The summed E-state index contributed by atoms with van der Waals surface area (Å²) in [6.45, 7) is 1.53. The molecule has 0 N–H and O–H groups in total. The fraction of sp³-hybridized carbons (Fsp3) is 0.765. The quantitative estimate of drug-likeness (QED) is 0.412. The standard InChI is InChI=1S/C17H22N2O5/c20-11-16(9-12-10-24-12)5-1-8-19(16)15(23)17-6-2-7-18(17)14(22)4-3-13(17)21/h11-12H,1-10H2/t12?,16-,17-/m1/s1. The second kappa shape index (κ2) is 5.37. The van der Waals surface area contributed by atoms with Crippen LogP contribution in [0, 0.1) is 0 Å². The maximum Gasteiger partial charge on any atom is 0.257 e. The van der Waals surface area contributed by atoms with Gasteiger partial charge in [0.1, 0.15) is 11.8 Å². The van der Waals surface area contributed by atoms with E-state index in [9.17, 15) is 19.2 Å². The molecule has 0 aromatic heterocycles. The van der Waals surface area contributed by atoms with Gasteiger partial charge >= 0.3 is 0 Å². The zero-order chi connectivity index (χ0) is 16.9. The number of hydrogen-bond acceptors (Lipinski definition) is 5. The summed E-state index contributed by atoms with van der Waals surface area (Å²) in [5, 5.41) is 0. The molecule has 3 atom stereocenters. The molecular formula is C17H22N2O5. The summed E-state index contributed by atoms with van der Waals surface area (Å²) in [4.78, 5) is 53.4. The number of epoxide rings is 1. The number of hydrogen-bond donors (Lipinski definition) is 0. The highest BCUT2D eigenvalue weighted by Gasteiger charge is 2.61. The molecule has 4 aliphatic rings. The Bertz CT molecular complexity index is 616. The third-order valence-electron chi connectivity index (χ3n) is 6.04. The fourth-order valence-corrected chi connectivity index (χ4v) is 4.74. The molecule has 7 heteroatoms. The van der Waals surface area contributed by atoms with E-state index < -0.39 is 11.1 Å². The fourth-order valence-electron chi connectivity index (χ4n) is 4.74. The van der Waals surface area contributed by atoms with Crippen LogP contribution in [-0.4, -0.2) is 70.6 Å². The van der Waals surface area contributed by atoms with Gasteiger partial charge in [0, 0.05) is 32.4 Å². The van der Waals surface area contributed by atoms with Gasteiger partial charge in [-0.05, 0) is 25.7 Å². The number of ether oxygens (including phenoxy) is 1. The Hall–Kier alpha value is -1.76. The predicted molar refractivity (Wildman–Crippen MR) is 82.0 cm³/mol. The van der Waals surface area contributed by atoms with E-state index in [-0.39, 0.29) is 36.5 Å². The van der Waals surface area contributed by atoms with Crippen LogP contribution in [0.1, 0.15) is 44.9 Å². The van der Waals surface area contributed by atoms with Crippen molar-refractivity contribution in [1.29, 1.82) is 0 Å². The van der Waals surface area contributed by atoms with Crippen LogP contribution in [0.15, 0.2) is 0 Å². The Balaban J connectivity index is 1.69. The van der Waals surface area contributed by atoms with Crippen molar-refractivity contribution >= 4 is 23.9 Å². The molecule has 4 rings (SSSR count). The van der Waals surface area contributed by atoms with Crippen molar-refractivity contribution in [2.45, 2.75) is 62.1 Å². The summed E-state index contributed by atoms with van der Waals surface area (Å²) in [5.41, 5.74) is -2.25. The van der Waals surface area contributed by atoms with Crippen molar-refractivity contribution < 1.29 is 23.9 Å². The number of piperidine rings is 1. The summed E-state index contributed by atoms with van der Waals surface area (Å²) in [6, 6.07) is 0. The molecule has 0 aromatic rings. The molecule has 4 saturated heterocycles. The van der Waals surface area contributed by atoms with E-state index >= 15 is 0 Å². The van der Waals surface area contributed by atoms with E-state index in [0.29, 0.717) is 45.4 Å². The summed E-state index contributed by atoms with van der Waals surface area (Å²) in [6.07, 6.45) is 4.01. The van der Waals surface area contributed by atoms with Crippen LogP contribution in [0.2, 0.25) is 0 Å². The number of likely N-dealkylation sites (tertiary alicyclic amines) is 1. The molecule has 4 heterocycles. The van der Waals surface area contributed by atoms with Crippen molar-refractivity contribution in [3.05, 3.63) is 0 Å². The molecule has 0 aromatic carbocycles. The van der Waals surface area contributed by atoms with E-state index in [4.69, 9.17) is 4.74 Å². The first-order valence-corrected chi connectivity index (χ1v) is 8.77. The normalized spacial score (nSPS) is 38.4. The van der Waals surface area contributed by atoms with Gasteiger partial charge in [-0.1, -0.05) is 0 Å². The zero-order valence-electron chi connectivity index (χ0n) is 13.7. The number of Topliss-reactive ketones (excluding diaryl/α,β-unsaturated/α-hetero) is 1. The number of fused-ring (bicyclic) bond motifs is 1. The van der Waals surface area contributed by atoms with Crippen LogP contribution >= 0.6 is 0 Å².